The molecule has 0 bridgehead atoms. The van der Waals surface area contributed by atoms with Crippen LogP contribution in [0, 0.1) is 11.8 Å². The van der Waals surface area contributed by atoms with Gasteiger partial charge < -0.3 is 10.1 Å². The van der Waals surface area contributed by atoms with Crippen LogP contribution in [0.15, 0.2) is 0 Å². The Labute approximate surface area is 116 Å². The molecular formula is C14H27ClN2O. The SMILES string of the molecule is ClCC1CCCCC1CNCCN1CCOCC1. The van der Waals surface area contributed by atoms with Crippen LogP contribution >= 0.6 is 11.6 Å². The van der Waals surface area contributed by atoms with Crippen LogP contribution in [0.25, 0.3) is 0 Å². The van der Waals surface area contributed by atoms with Gasteiger partial charge in [-0.3, -0.25) is 4.90 Å². The van der Waals surface area contributed by atoms with Crippen molar-refractivity contribution in [3.8, 4) is 0 Å². The monoisotopic (exact) mass is 274 g/mol. The van der Waals surface area contributed by atoms with Gasteiger partial charge in [0, 0.05) is 32.1 Å². The highest BCUT2D eigenvalue weighted by Crippen LogP contribution is 2.30. The van der Waals surface area contributed by atoms with Gasteiger partial charge in [-0.05, 0) is 31.2 Å². The van der Waals surface area contributed by atoms with Crippen LogP contribution in [-0.2, 0) is 4.74 Å². The zero-order chi connectivity index (χ0) is 12.6. The van der Waals surface area contributed by atoms with Crippen molar-refractivity contribution in [2.75, 3.05) is 51.8 Å². The van der Waals surface area contributed by atoms with Crippen LogP contribution in [0.5, 0.6) is 0 Å². The van der Waals surface area contributed by atoms with E-state index in [9.17, 15) is 0 Å². The number of nitrogens with one attached hydrogen (secondary N) is 1. The molecule has 1 saturated heterocycles. The summed E-state index contributed by atoms with van der Waals surface area (Å²) >= 11 is 6.06. The zero-order valence-corrected chi connectivity index (χ0v) is 12.1. The van der Waals surface area contributed by atoms with Crippen molar-refractivity contribution in [1.82, 2.24) is 10.2 Å². The van der Waals surface area contributed by atoms with Crippen molar-refractivity contribution in [1.29, 1.82) is 0 Å². The molecule has 4 heteroatoms. The molecule has 0 amide bonds. The minimum absolute atomic E-state index is 0.747. The Bertz CT molecular complexity index is 222. The largest absolute Gasteiger partial charge is 0.379 e. The normalized spacial score (nSPS) is 30.5. The molecule has 1 aliphatic carbocycles. The Kier molecular flexibility index (Phi) is 6.77. The van der Waals surface area contributed by atoms with E-state index in [1.807, 2.05) is 0 Å². The molecule has 106 valence electrons. The average Bonchev–Trinajstić information content (AvgIpc) is 2.45. The van der Waals surface area contributed by atoms with Gasteiger partial charge in [0.1, 0.15) is 0 Å². The van der Waals surface area contributed by atoms with E-state index in [0.29, 0.717) is 0 Å². The average molecular weight is 275 g/mol. The number of ether oxygens (including phenoxy) is 1. The van der Waals surface area contributed by atoms with E-state index in [-0.39, 0.29) is 0 Å². The molecule has 2 aliphatic rings. The van der Waals surface area contributed by atoms with Gasteiger partial charge in [0.25, 0.3) is 0 Å². The second-order valence-corrected chi connectivity index (χ2v) is 5.93. The predicted molar refractivity (Wildman–Crippen MR) is 76.3 cm³/mol. The Morgan fingerprint density at radius 1 is 1.11 bits per heavy atom. The van der Waals surface area contributed by atoms with Gasteiger partial charge in [0.05, 0.1) is 13.2 Å². The van der Waals surface area contributed by atoms with Crippen LogP contribution in [0.4, 0.5) is 0 Å². The third-order valence-corrected chi connectivity index (χ3v) is 4.78. The molecule has 0 radical (unpaired) electrons. The van der Waals surface area contributed by atoms with E-state index in [1.54, 1.807) is 0 Å². The summed E-state index contributed by atoms with van der Waals surface area (Å²) in [5, 5.41) is 3.63. The highest BCUT2D eigenvalue weighted by Gasteiger charge is 2.23. The van der Waals surface area contributed by atoms with E-state index in [4.69, 9.17) is 16.3 Å². The van der Waals surface area contributed by atoms with Crippen molar-refractivity contribution in [3.05, 3.63) is 0 Å². The summed E-state index contributed by atoms with van der Waals surface area (Å²) in [6.07, 6.45) is 5.46. The van der Waals surface area contributed by atoms with Crippen molar-refractivity contribution < 1.29 is 4.74 Å². The Balaban J connectivity index is 1.56. The van der Waals surface area contributed by atoms with E-state index >= 15 is 0 Å². The van der Waals surface area contributed by atoms with Gasteiger partial charge in [-0.2, -0.15) is 0 Å². The van der Waals surface area contributed by atoms with Gasteiger partial charge in [-0.25, -0.2) is 0 Å². The lowest BCUT2D eigenvalue weighted by Crippen LogP contribution is -2.41. The van der Waals surface area contributed by atoms with Crippen molar-refractivity contribution in [2.24, 2.45) is 11.8 Å². The fourth-order valence-electron chi connectivity index (χ4n) is 3.11. The van der Waals surface area contributed by atoms with Crippen molar-refractivity contribution in [2.45, 2.75) is 25.7 Å². The minimum atomic E-state index is 0.747. The zero-order valence-electron chi connectivity index (χ0n) is 11.4. The maximum Gasteiger partial charge on any atom is 0.0594 e. The lowest BCUT2D eigenvalue weighted by Gasteiger charge is -2.31. The van der Waals surface area contributed by atoms with Crippen LogP contribution in [0.3, 0.4) is 0 Å². The molecule has 0 spiro atoms. The van der Waals surface area contributed by atoms with Gasteiger partial charge in [0.15, 0.2) is 0 Å². The van der Waals surface area contributed by atoms with E-state index in [2.05, 4.69) is 10.2 Å². The van der Waals surface area contributed by atoms with Crippen LogP contribution in [0.2, 0.25) is 0 Å². The maximum atomic E-state index is 6.06. The topological polar surface area (TPSA) is 24.5 Å². The summed E-state index contributed by atoms with van der Waals surface area (Å²) in [7, 11) is 0. The van der Waals surface area contributed by atoms with E-state index < -0.39 is 0 Å². The second kappa shape index (κ2) is 8.36. The first kappa shape index (κ1) is 14.6. The first-order chi connectivity index (χ1) is 8.90. The molecule has 0 aromatic heterocycles. The third kappa shape index (κ3) is 4.69. The lowest BCUT2D eigenvalue weighted by molar-refractivity contribution is 0.0382. The molecule has 2 atom stereocenters. The van der Waals surface area contributed by atoms with Crippen LogP contribution < -0.4 is 5.32 Å². The fraction of sp³-hybridized carbons (Fsp3) is 1.00. The number of alkyl halides is 1. The molecule has 0 aromatic carbocycles. The van der Waals surface area contributed by atoms with Crippen molar-refractivity contribution >= 4 is 11.6 Å². The summed E-state index contributed by atoms with van der Waals surface area (Å²) in [4.78, 5) is 2.48. The fourth-order valence-corrected chi connectivity index (χ4v) is 3.51. The highest BCUT2D eigenvalue weighted by molar-refractivity contribution is 6.18. The quantitative estimate of drug-likeness (QED) is 0.592. The smallest absolute Gasteiger partial charge is 0.0594 e. The standard InChI is InChI=1S/C14H27ClN2O/c15-11-13-3-1-2-4-14(13)12-16-5-6-17-7-9-18-10-8-17/h13-14,16H,1-12H2. The van der Waals surface area contributed by atoms with Crippen LogP contribution in [-0.4, -0.2) is 56.7 Å². The first-order valence-electron chi connectivity index (χ1n) is 7.47. The van der Waals surface area contributed by atoms with Gasteiger partial charge >= 0.3 is 0 Å². The predicted octanol–water partition coefficient (Wildman–Crippen LogP) is 1.95. The summed E-state index contributed by atoms with van der Waals surface area (Å²) in [5.74, 6) is 2.40. The Morgan fingerprint density at radius 3 is 2.56 bits per heavy atom. The summed E-state index contributed by atoms with van der Waals surface area (Å²) in [6, 6.07) is 0. The minimum Gasteiger partial charge on any atom is -0.379 e. The first-order valence-corrected chi connectivity index (χ1v) is 8.00. The van der Waals surface area contributed by atoms with E-state index in [0.717, 1.165) is 63.7 Å². The van der Waals surface area contributed by atoms with Crippen molar-refractivity contribution in [3.63, 3.8) is 0 Å². The summed E-state index contributed by atoms with van der Waals surface area (Å²) in [5.41, 5.74) is 0. The molecule has 1 heterocycles. The number of hydrogen-bond acceptors (Lipinski definition) is 3. The number of hydrogen-bond donors (Lipinski definition) is 1. The molecular weight excluding hydrogens is 248 g/mol. The van der Waals surface area contributed by atoms with Gasteiger partial charge in [-0.1, -0.05) is 12.8 Å². The Hall–Kier alpha value is 0.170. The lowest BCUT2D eigenvalue weighted by atomic mass is 9.80. The van der Waals surface area contributed by atoms with E-state index in [1.165, 1.54) is 25.7 Å². The molecule has 1 saturated carbocycles. The number of nitrogens with zero attached hydrogens (tertiary/aromatic N) is 1. The van der Waals surface area contributed by atoms with Gasteiger partial charge in [-0.15, -0.1) is 11.6 Å². The second-order valence-electron chi connectivity index (χ2n) is 5.62. The molecule has 18 heavy (non-hydrogen) atoms. The van der Waals surface area contributed by atoms with Crippen LogP contribution in [0.1, 0.15) is 25.7 Å². The number of rotatable bonds is 6. The molecule has 2 fully saturated rings. The molecule has 3 nitrogen and oxygen atoms in total. The molecule has 2 rings (SSSR count). The highest BCUT2D eigenvalue weighted by atomic mass is 35.5. The summed E-state index contributed by atoms with van der Waals surface area (Å²) < 4.78 is 5.35. The van der Waals surface area contributed by atoms with Gasteiger partial charge in [0.2, 0.25) is 0 Å². The molecule has 1 aliphatic heterocycles. The number of morpholine rings is 1. The Morgan fingerprint density at radius 2 is 1.83 bits per heavy atom. The number of halogens is 1. The molecule has 1 N–H and O–H groups in total. The third-order valence-electron chi connectivity index (χ3n) is 4.38. The molecule has 2 unspecified atom stereocenters. The maximum absolute atomic E-state index is 6.06. The summed E-state index contributed by atoms with van der Waals surface area (Å²) in [6.45, 7) is 7.40. The molecule has 0 aromatic rings.